The van der Waals surface area contributed by atoms with Gasteiger partial charge in [0.05, 0.1) is 12.8 Å². The van der Waals surface area contributed by atoms with Crippen molar-refractivity contribution in [2.24, 2.45) is 11.7 Å². The molecule has 0 unspecified atom stereocenters. The Hall–Kier alpha value is -2.98. The molecule has 2 saturated heterocycles. The number of benzene rings is 1. The highest BCUT2D eigenvalue weighted by Crippen LogP contribution is 2.32. The van der Waals surface area contributed by atoms with E-state index < -0.39 is 11.6 Å². The van der Waals surface area contributed by atoms with Crippen molar-refractivity contribution in [3.63, 3.8) is 0 Å². The number of halogens is 3. The number of ether oxygens (including phenoxy) is 1. The second-order valence-electron chi connectivity index (χ2n) is 10.0. The molecule has 2 aliphatic rings. The van der Waals surface area contributed by atoms with Crippen molar-refractivity contribution >= 4 is 24.2 Å². The maximum atomic E-state index is 14.3. The van der Waals surface area contributed by atoms with Crippen molar-refractivity contribution in [2.45, 2.75) is 44.6 Å². The molecular formula is C26H33ClF2N6O2. The zero-order valence-electron chi connectivity index (χ0n) is 21.0. The van der Waals surface area contributed by atoms with Gasteiger partial charge in [-0.1, -0.05) is 19.0 Å². The average Bonchev–Trinajstić information content (AvgIpc) is 3.52. The normalized spacial score (nSPS) is 20.4. The van der Waals surface area contributed by atoms with Crippen LogP contribution in [0.25, 0.3) is 0 Å². The number of hydrogen-bond donors (Lipinski definition) is 1. The Morgan fingerprint density at radius 2 is 1.89 bits per heavy atom. The van der Waals surface area contributed by atoms with Crippen LogP contribution < -0.4 is 20.3 Å². The van der Waals surface area contributed by atoms with E-state index in [1.54, 1.807) is 6.20 Å². The molecule has 4 heterocycles. The summed E-state index contributed by atoms with van der Waals surface area (Å²) in [4.78, 5) is 13.2. The third-order valence-electron chi connectivity index (χ3n) is 7.09. The number of aromatic nitrogens is 3. The van der Waals surface area contributed by atoms with Crippen LogP contribution >= 0.6 is 12.4 Å². The molecule has 5 rings (SSSR count). The predicted molar refractivity (Wildman–Crippen MR) is 140 cm³/mol. The quantitative estimate of drug-likeness (QED) is 0.473. The first-order valence-corrected chi connectivity index (χ1v) is 12.5. The summed E-state index contributed by atoms with van der Waals surface area (Å²) in [6, 6.07) is 7.58. The van der Waals surface area contributed by atoms with E-state index in [0.29, 0.717) is 42.9 Å². The third kappa shape index (κ3) is 6.13. The van der Waals surface area contributed by atoms with Crippen LogP contribution in [0.1, 0.15) is 49.9 Å². The van der Waals surface area contributed by atoms with E-state index in [9.17, 15) is 8.78 Å². The van der Waals surface area contributed by atoms with Gasteiger partial charge in [0.1, 0.15) is 23.2 Å². The van der Waals surface area contributed by atoms with Gasteiger partial charge in [0.15, 0.2) is 5.82 Å². The number of pyridine rings is 1. The van der Waals surface area contributed by atoms with Crippen LogP contribution in [0.4, 0.5) is 20.6 Å². The molecule has 0 spiro atoms. The van der Waals surface area contributed by atoms with Crippen molar-refractivity contribution in [2.75, 3.05) is 42.6 Å². The first-order valence-electron chi connectivity index (χ1n) is 12.5. The monoisotopic (exact) mass is 534 g/mol. The molecule has 0 aliphatic carbocycles. The van der Waals surface area contributed by atoms with Crippen molar-refractivity contribution in [1.29, 1.82) is 0 Å². The number of anilines is 2. The van der Waals surface area contributed by atoms with Gasteiger partial charge in [-0.2, -0.15) is 4.98 Å². The van der Waals surface area contributed by atoms with Gasteiger partial charge in [0.2, 0.25) is 0 Å². The summed E-state index contributed by atoms with van der Waals surface area (Å²) in [5.74, 6) is 1.67. The highest BCUT2D eigenvalue weighted by Gasteiger charge is 2.34. The molecule has 0 radical (unpaired) electrons. The first-order chi connectivity index (χ1) is 17.4. The lowest BCUT2D eigenvalue weighted by Gasteiger charge is -2.30. The summed E-state index contributed by atoms with van der Waals surface area (Å²) in [6.45, 7) is 7.41. The van der Waals surface area contributed by atoms with Gasteiger partial charge < -0.3 is 24.8 Å². The largest absolute Gasteiger partial charge is 0.492 e. The zero-order chi connectivity index (χ0) is 25.2. The van der Waals surface area contributed by atoms with Crippen LogP contribution in [0.2, 0.25) is 0 Å². The third-order valence-corrected chi connectivity index (χ3v) is 7.09. The van der Waals surface area contributed by atoms with E-state index in [4.69, 9.17) is 15.0 Å². The van der Waals surface area contributed by atoms with E-state index in [-0.39, 0.29) is 30.3 Å². The second kappa shape index (κ2) is 11.6. The fourth-order valence-electron chi connectivity index (χ4n) is 4.88. The molecule has 0 bridgehead atoms. The first kappa shape index (κ1) is 27.1. The highest BCUT2D eigenvalue weighted by atomic mass is 35.5. The SMILES string of the molecule is CC(C)c1noc(N2CCC(COc3ccc(N4C[C@H](c5cc(F)ccc5F)[C@@H](N)C4)nc3)CC2)n1.Cl. The summed E-state index contributed by atoms with van der Waals surface area (Å²) in [5.41, 5.74) is 6.59. The molecule has 2 aliphatic heterocycles. The molecule has 11 heteroatoms. The highest BCUT2D eigenvalue weighted by molar-refractivity contribution is 5.85. The molecule has 2 fully saturated rings. The lowest BCUT2D eigenvalue weighted by Crippen LogP contribution is -2.35. The zero-order valence-corrected chi connectivity index (χ0v) is 21.8. The van der Waals surface area contributed by atoms with Gasteiger partial charge >= 0.3 is 6.01 Å². The number of hydrogen-bond acceptors (Lipinski definition) is 8. The van der Waals surface area contributed by atoms with Crippen molar-refractivity contribution in [3.05, 3.63) is 59.6 Å². The minimum atomic E-state index is -0.461. The summed E-state index contributed by atoms with van der Waals surface area (Å²) < 4.78 is 39.4. The summed E-state index contributed by atoms with van der Waals surface area (Å²) >= 11 is 0. The number of nitrogens with two attached hydrogens (primary N) is 1. The van der Waals surface area contributed by atoms with E-state index in [1.807, 2.05) is 30.9 Å². The molecule has 0 amide bonds. The minimum Gasteiger partial charge on any atom is -0.492 e. The van der Waals surface area contributed by atoms with Crippen LogP contribution in [0.3, 0.4) is 0 Å². The van der Waals surface area contributed by atoms with Crippen LogP contribution in [0, 0.1) is 17.6 Å². The molecule has 8 nitrogen and oxygen atoms in total. The van der Waals surface area contributed by atoms with Gasteiger partial charge in [-0.3, -0.25) is 0 Å². The van der Waals surface area contributed by atoms with Gasteiger partial charge in [0.25, 0.3) is 0 Å². The Balaban J connectivity index is 0.00000320. The molecule has 3 aromatic rings. The molecule has 2 atom stereocenters. The van der Waals surface area contributed by atoms with E-state index >= 15 is 0 Å². The molecule has 2 aromatic heterocycles. The van der Waals surface area contributed by atoms with Gasteiger partial charge in [-0.05, 0) is 54.7 Å². The van der Waals surface area contributed by atoms with Gasteiger partial charge in [-0.15, -0.1) is 12.4 Å². The van der Waals surface area contributed by atoms with Crippen molar-refractivity contribution in [3.8, 4) is 5.75 Å². The Kier molecular flexibility index (Phi) is 8.49. The van der Waals surface area contributed by atoms with E-state index in [2.05, 4.69) is 20.0 Å². The smallest absolute Gasteiger partial charge is 0.324 e. The molecule has 37 heavy (non-hydrogen) atoms. The van der Waals surface area contributed by atoms with E-state index in [0.717, 1.165) is 49.7 Å². The molecule has 200 valence electrons. The van der Waals surface area contributed by atoms with Crippen molar-refractivity contribution < 1.29 is 18.0 Å². The summed E-state index contributed by atoms with van der Waals surface area (Å²) in [5, 5.41) is 4.05. The van der Waals surface area contributed by atoms with Crippen LogP contribution in [-0.4, -0.2) is 54.0 Å². The standard InChI is InChI=1S/C26H32F2N6O2.ClH/c1-16(2)25-31-26(36-32-25)33-9-7-17(8-10-33)15-35-19-4-6-24(30-12-19)34-13-21(23(29)14-34)20-11-18(27)3-5-22(20)28;/h3-6,11-12,16-17,21,23H,7-10,13-15,29H2,1-2H3;1H/t21-,23+;/m1./s1. The van der Waals surface area contributed by atoms with Crippen LogP contribution in [-0.2, 0) is 0 Å². The number of nitrogens with zero attached hydrogens (tertiary/aromatic N) is 5. The summed E-state index contributed by atoms with van der Waals surface area (Å²) in [7, 11) is 0. The lowest BCUT2D eigenvalue weighted by molar-refractivity contribution is 0.219. The van der Waals surface area contributed by atoms with Gasteiger partial charge in [-0.25, -0.2) is 13.8 Å². The maximum absolute atomic E-state index is 14.3. The Morgan fingerprint density at radius 1 is 1.11 bits per heavy atom. The number of piperidine rings is 1. The van der Waals surface area contributed by atoms with Crippen LogP contribution in [0.5, 0.6) is 5.75 Å². The van der Waals surface area contributed by atoms with Crippen LogP contribution in [0.15, 0.2) is 41.1 Å². The summed E-state index contributed by atoms with van der Waals surface area (Å²) in [6.07, 6.45) is 3.67. The lowest BCUT2D eigenvalue weighted by atomic mass is 9.94. The fourth-order valence-corrected chi connectivity index (χ4v) is 4.88. The Bertz CT molecular complexity index is 1170. The van der Waals surface area contributed by atoms with Gasteiger partial charge in [0, 0.05) is 44.1 Å². The number of rotatable bonds is 7. The molecule has 2 N–H and O–H groups in total. The fraction of sp³-hybridized carbons (Fsp3) is 0.500. The molecule has 1 aromatic carbocycles. The van der Waals surface area contributed by atoms with E-state index in [1.165, 1.54) is 6.07 Å². The topological polar surface area (TPSA) is 93.5 Å². The maximum Gasteiger partial charge on any atom is 0.324 e. The average molecular weight is 535 g/mol. The Morgan fingerprint density at radius 3 is 2.57 bits per heavy atom. The minimum absolute atomic E-state index is 0. The molecular weight excluding hydrogens is 502 g/mol. The second-order valence-corrected chi connectivity index (χ2v) is 10.0. The molecule has 0 saturated carbocycles. The Labute approximate surface area is 221 Å². The van der Waals surface area contributed by atoms with Crippen molar-refractivity contribution in [1.82, 2.24) is 15.1 Å². The predicted octanol–water partition coefficient (Wildman–Crippen LogP) is 4.51.